The highest BCUT2D eigenvalue weighted by atomic mass is 16.5. The minimum Gasteiger partial charge on any atom is -0.462 e. The summed E-state index contributed by atoms with van der Waals surface area (Å²) in [5, 5.41) is 0. The number of esters is 1. The van der Waals surface area contributed by atoms with Crippen LogP contribution in [0.4, 0.5) is 0 Å². The molecule has 1 unspecified atom stereocenters. The van der Waals surface area contributed by atoms with Gasteiger partial charge in [-0.05, 0) is 70.9 Å². The van der Waals surface area contributed by atoms with Crippen LogP contribution in [-0.4, -0.2) is 12.6 Å². The minimum absolute atomic E-state index is 0.224. The van der Waals surface area contributed by atoms with Gasteiger partial charge in [0.05, 0.1) is 12.2 Å². The first-order chi connectivity index (χ1) is 11.5. The van der Waals surface area contributed by atoms with Crippen molar-refractivity contribution in [3.63, 3.8) is 0 Å². The van der Waals surface area contributed by atoms with E-state index in [1.807, 2.05) is 18.2 Å². The van der Waals surface area contributed by atoms with E-state index in [0.29, 0.717) is 18.1 Å². The average Bonchev–Trinajstić information content (AvgIpc) is 2.55. The van der Waals surface area contributed by atoms with Gasteiger partial charge in [0.1, 0.15) is 0 Å². The van der Waals surface area contributed by atoms with Crippen LogP contribution in [0.3, 0.4) is 0 Å². The summed E-state index contributed by atoms with van der Waals surface area (Å²) in [5.41, 5.74) is 3.48. The number of allylic oxidation sites excluding steroid dienone is 4. The van der Waals surface area contributed by atoms with Gasteiger partial charge in [-0.25, -0.2) is 4.79 Å². The molecule has 0 amide bonds. The molecule has 1 aromatic rings. The molecular formula is C22H32O2. The third-order valence-corrected chi connectivity index (χ3v) is 4.10. The Labute approximate surface area is 147 Å². The van der Waals surface area contributed by atoms with E-state index in [0.717, 1.165) is 32.1 Å². The molecule has 0 aliphatic rings. The van der Waals surface area contributed by atoms with Gasteiger partial charge in [0.2, 0.25) is 0 Å². The van der Waals surface area contributed by atoms with Crippen molar-refractivity contribution < 1.29 is 9.53 Å². The number of carbonyl (C=O) groups is 1. The minimum atomic E-state index is -0.224. The van der Waals surface area contributed by atoms with E-state index < -0.39 is 0 Å². The van der Waals surface area contributed by atoms with Gasteiger partial charge in [-0.2, -0.15) is 0 Å². The van der Waals surface area contributed by atoms with Crippen LogP contribution in [0.1, 0.15) is 70.2 Å². The highest BCUT2D eigenvalue weighted by Crippen LogP contribution is 2.14. The first kappa shape index (κ1) is 20.2. The fourth-order valence-electron chi connectivity index (χ4n) is 2.46. The van der Waals surface area contributed by atoms with Gasteiger partial charge < -0.3 is 4.74 Å². The summed E-state index contributed by atoms with van der Waals surface area (Å²) >= 11 is 0. The van der Waals surface area contributed by atoms with Crippen molar-refractivity contribution in [2.24, 2.45) is 5.92 Å². The lowest BCUT2D eigenvalue weighted by Gasteiger charge is -2.11. The largest absolute Gasteiger partial charge is 0.462 e. The summed E-state index contributed by atoms with van der Waals surface area (Å²) < 4.78 is 5.34. The number of hydrogen-bond acceptors (Lipinski definition) is 2. The molecule has 0 spiro atoms. The van der Waals surface area contributed by atoms with E-state index in [9.17, 15) is 4.79 Å². The molecule has 0 N–H and O–H groups in total. The molecule has 1 atom stereocenters. The Hall–Kier alpha value is -1.83. The Morgan fingerprint density at radius 3 is 2.42 bits per heavy atom. The van der Waals surface area contributed by atoms with Crippen LogP contribution >= 0.6 is 0 Å². The maximum Gasteiger partial charge on any atom is 0.338 e. The van der Waals surface area contributed by atoms with E-state index in [2.05, 4.69) is 39.8 Å². The normalized spacial score (nSPS) is 12.6. The van der Waals surface area contributed by atoms with Crippen molar-refractivity contribution in [2.45, 2.75) is 59.8 Å². The van der Waals surface area contributed by atoms with Crippen molar-refractivity contribution >= 4 is 5.97 Å². The van der Waals surface area contributed by atoms with Gasteiger partial charge in [0, 0.05) is 0 Å². The van der Waals surface area contributed by atoms with Crippen LogP contribution in [0.2, 0.25) is 0 Å². The molecule has 0 saturated carbocycles. The molecule has 2 heteroatoms. The van der Waals surface area contributed by atoms with Crippen LogP contribution in [0, 0.1) is 5.92 Å². The number of benzene rings is 1. The summed E-state index contributed by atoms with van der Waals surface area (Å²) in [7, 11) is 0. The second kappa shape index (κ2) is 11.7. The van der Waals surface area contributed by atoms with E-state index in [-0.39, 0.29) is 5.97 Å². The van der Waals surface area contributed by atoms with Gasteiger partial charge >= 0.3 is 5.97 Å². The van der Waals surface area contributed by atoms with Crippen molar-refractivity contribution in [2.75, 3.05) is 6.61 Å². The SMILES string of the molecule is CC(C)=CCCC(C)=CCCC(C)CCOC(=O)c1ccccc1. The van der Waals surface area contributed by atoms with Crippen LogP contribution in [0.15, 0.2) is 53.6 Å². The van der Waals surface area contributed by atoms with Crippen molar-refractivity contribution in [1.29, 1.82) is 0 Å². The molecule has 0 aromatic heterocycles. The standard InChI is InChI=1S/C22H32O2/c1-18(2)10-8-11-19(3)12-9-13-20(4)16-17-24-22(23)21-14-6-5-7-15-21/h5-7,10,12,14-15,20H,8-9,11,13,16-17H2,1-4H3. The van der Waals surface area contributed by atoms with Crippen LogP contribution in [0.5, 0.6) is 0 Å². The van der Waals surface area contributed by atoms with E-state index >= 15 is 0 Å². The van der Waals surface area contributed by atoms with Crippen molar-refractivity contribution in [3.8, 4) is 0 Å². The maximum absolute atomic E-state index is 11.8. The summed E-state index contributed by atoms with van der Waals surface area (Å²) in [5.74, 6) is 0.341. The molecule has 2 nitrogen and oxygen atoms in total. The van der Waals surface area contributed by atoms with Gasteiger partial charge in [0.15, 0.2) is 0 Å². The predicted octanol–water partition coefficient (Wildman–Crippen LogP) is 6.34. The second-order valence-corrected chi connectivity index (χ2v) is 6.84. The Bertz CT molecular complexity index is 536. The van der Waals surface area contributed by atoms with E-state index in [1.165, 1.54) is 11.1 Å². The topological polar surface area (TPSA) is 26.3 Å². The van der Waals surface area contributed by atoms with Gasteiger partial charge in [0.25, 0.3) is 0 Å². The van der Waals surface area contributed by atoms with Gasteiger partial charge in [-0.15, -0.1) is 0 Å². The lowest BCUT2D eigenvalue weighted by Crippen LogP contribution is -2.08. The fraction of sp³-hybridized carbons (Fsp3) is 0.500. The third kappa shape index (κ3) is 9.34. The van der Waals surface area contributed by atoms with Crippen molar-refractivity contribution in [1.82, 2.24) is 0 Å². The molecule has 1 rings (SSSR count). The molecule has 1 aromatic carbocycles. The average molecular weight is 328 g/mol. The lowest BCUT2D eigenvalue weighted by atomic mass is 10.0. The molecule has 0 saturated heterocycles. The van der Waals surface area contributed by atoms with Crippen LogP contribution < -0.4 is 0 Å². The molecule has 0 aliphatic carbocycles. The smallest absolute Gasteiger partial charge is 0.338 e. The monoisotopic (exact) mass is 328 g/mol. The zero-order valence-electron chi connectivity index (χ0n) is 15.7. The number of rotatable bonds is 10. The van der Waals surface area contributed by atoms with Gasteiger partial charge in [-0.3, -0.25) is 0 Å². The van der Waals surface area contributed by atoms with E-state index in [1.54, 1.807) is 12.1 Å². The van der Waals surface area contributed by atoms with Crippen molar-refractivity contribution in [3.05, 3.63) is 59.2 Å². The highest BCUT2D eigenvalue weighted by Gasteiger charge is 2.07. The summed E-state index contributed by atoms with van der Waals surface area (Å²) in [6, 6.07) is 9.17. The molecule has 0 radical (unpaired) electrons. The molecule has 0 bridgehead atoms. The Balaban J connectivity index is 2.16. The predicted molar refractivity (Wildman–Crippen MR) is 102 cm³/mol. The molecule has 24 heavy (non-hydrogen) atoms. The number of hydrogen-bond donors (Lipinski definition) is 0. The zero-order chi connectivity index (χ0) is 17.8. The fourth-order valence-corrected chi connectivity index (χ4v) is 2.46. The molecular weight excluding hydrogens is 296 g/mol. The summed E-state index contributed by atoms with van der Waals surface area (Å²) in [6.07, 6.45) is 10.1. The molecule has 132 valence electrons. The first-order valence-corrected chi connectivity index (χ1v) is 9.00. The summed E-state index contributed by atoms with van der Waals surface area (Å²) in [4.78, 5) is 11.8. The summed E-state index contributed by atoms with van der Waals surface area (Å²) in [6.45, 7) is 9.22. The Morgan fingerprint density at radius 2 is 1.75 bits per heavy atom. The van der Waals surface area contributed by atoms with Crippen LogP contribution in [-0.2, 0) is 4.74 Å². The maximum atomic E-state index is 11.8. The lowest BCUT2D eigenvalue weighted by molar-refractivity contribution is 0.0484. The highest BCUT2D eigenvalue weighted by molar-refractivity contribution is 5.89. The quantitative estimate of drug-likeness (QED) is 0.370. The molecule has 0 fully saturated rings. The molecule has 0 aliphatic heterocycles. The Kier molecular flexibility index (Phi) is 9.83. The van der Waals surface area contributed by atoms with Crippen LogP contribution in [0.25, 0.3) is 0 Å². The second-order valence-electron chi connectivity index (χ2n) is 6.84. The number of carbonyl (C=O) groups excluding carboxylic acids is 1. The third-order valence-electron chi connectivity index (χ3n) is 4.10. The number of ether oxygens (including phenoxy) is 1. The first-order valence-electron chi connectivity index (χ1n) is 9.00. The molecule has 0 heterocycles. The Morgan fingerprint density at radius 1 is 1.04 bits per heavy atom. The van der Waals surface area contributed by atoms with E-state index in [4.69, 9.17) is 4.74 Å². The zero-order valence-corrected chi connectivity index (χ0v) is 15.7. The van der Waals surface area contributed by atoms with Gasteiger partial charge in [-0.1, -0.05) is 48.4 Å².